The number of carbonyl (C=O) groups is 1. The van der Waals surface area contributed by atoms with E-state index in [1.54, 1.807) is 29.2 Å². The molecule has 2 saturated heterocycles. The van der Waals surface area contributed by atoms with E-state index in [-0.39, 0.29) is 12.1 Å². The molecule has 2 aliphatic rings. The third kappa shape index (κ3) is 2.65. The molecule has 21 heavy (non-hydrogen) atoms. The molecule has 2 amide bonds. The first-order valence-corrected chi connectivity index (χ1v) is 6.80. The molecule has 5 unspecified atom stereocenters. The van der Waals surface area contributed by atoms with Crippen LogP contribution in [-0.2, 0) is 9.47 Å². The number of carbonyl (C=O) groups excluding carboxylic acids is 1. The molecule has 0 aliphatic carbocycles. The van der Waals surface area contributed by atoms with Crippen molar-refractivity contribution in [3.8, 4) is 0 Å². The maximum absolute atomic E-state index is 11.8. The summed E-state index contributed by atoms with van der Waals surface area (Å²) < 4.78 is 12.9. The summed E-state index contributed by atoms with van der Waals surface area (Å²) >= 11 is 0. The number of aliphatic hydroxyl groups excluding tert-OH is 1. The summed E-state index contributed by atoms with van der Waals surface area (Å²) in [6.07, 6.45) is 3.14. The molecular weight excluding hydrogens is 276 g/mol. The van der Waals surface area contributed by atoms with E-state index >= 15 is 0 Å². The molecule has 114 valence electrons. The van der Waals surface area contributed by atoms with E-state index in [0.717, 1.165) is 0 Å². The Hall–Kier alpha value is -1.90. The average molecular weight is 294 g/mol. The van der Waals surface area contributed by atoms with Crippen LogP contribution < -0.4 is 10.6 Å². The molecule has 3 heterocycles. The Kier molecular flexibility index (Phi) is 3.91. The summed E-state index contributed by atoms with van der Waals surface area (Å²) in [5.74, 6) is 0. The van der Waals surface area contributed by atoms with Crippen molar-refractivity contribution in [1.29, 1.82) is 0 Å². The van der Waals surface area contributed by atoms with Gasteiger partial charge in [0.2, 0.25) is 0 Å². The van der Waals surface area contributed by atoms with E-state index in [1.165, 1.54) is 0 Å². The van der Waals surface area contributed by atoms with Crippen molar-refractivity contribution in [3.63, 3.8) is 0 Å². The van der Waals surface area contributed by atoms with Crippen molar-refractivity contribution >= 4 is 6.03 Å². The van der Waals surface area contributed by atoms with E-state index in [0.29, 0.717) is 13.2 Å². The zero-order chi connectivity index (χ0) is 14.8. The summed E-state index contributed by atoms with van der Waals surface area (Å²) in [4.78, 5) is 11.8. The van der Waals surface area contributed by atoms with Gasteiger partial charge in [-0.1, -0.05) is 6.08 Å². The van der Waals surface area contributed by atoms with Crippen LogP contribution in [0.2, 0.25) is 0 Å². The summed E-state index contributed by atoms with van der Waals surface area (Å²) in [5.41, 5.74) is 0. The molecular formula is C13H18N4O4. The fourth-order valence-electron chi connectivity index (χ4n) is 2.69. The van der Waals surface area contributed by atoms with Gasteiger partial charge < -0.3 is 25.2 Å². The number of fused-ring (bicyclic) bond motifs is 2. The Morgan fingerprint density at radius 3 is 3.19 bits per heavy atom. The number of hydrogen-bond donors (Lipinski definition) is 3. The lowest BCUT2D eigenvalue weighted by Crippen LogP contribution is -2.60. The number of nitrogens with one attached hydrogen (secondary N) is 2. The Balaban J connectivity index is 1.74. The molecule has 2 fully saturated rings. The van der Waals surface area contributed by atoms with E-state index in [1.807, 2.05) is 0 Å². The summed E-state index contributed by atoms with van der Waals surface area (Å²) in [6, 6.07) is 0.311. The molecule has 8 nitrogen and oxygen atoms in total. The number of urea groups is 1. The van der Waals surface area contributed by atoms with Crippen molar-refractivity contribution < 1.29 is 19.4 Å². The van der Waals surface area contributed by atoms with Gasteiger partial charge in [-0.15, -0.1) is 6.58 Å². The zero-order valence-corrected chi connectivity index (χ0v) is 11.4. The van der Waals surface area contributed by atoms with Gasteiger partial charge in [-0.05, 0) is 6.07 Å². The third-order valence-electron chi connectivity index (χ3n) is 3.67. The Labute approximate surface area is 121 Å². The molecule has 1 aromatic rings. The Morgan fingerprint density at radius 1 is 1.62 bits per heavy atom. The van der Waals surface area contributed by atoms with Gasteiger partial charge in [0, 0.05) is 18.9 Å². The summed E-state index contributed by atoms with van der Waals surface area (Å²) in [6.45, 7) is 4.20. The van der Waals surface area contributed by atoms with Crippen LogP contribution >= 0.6 is 0 Å². The first kappa shape index (κ1) is 14.1. The predicted octanol–water partition coefficient (Wildman–Crippen LogP) is -0.606. The van der Waals surface area contributed by atoms with Gasteiger partial charge >= 0.3 is 6.03 Å². The second kappa shape index (κ2) is 5.84. The first-order chi connectivity index (χ1) is 10.2. The lowest BCUT2D eigenvalue weighted by molar-refractivity contribution is -0.166. The van der Waals surface area contributed by atoms with Crippen LogP contribution in [0.5, 0.6) is 0 Å². The van der Waals surface area contributed by atoms with Crippen molar-refractivity contribution in [2.45, 2.75) is 30.6 Å². The summed E-state index contributed by atoms with van der Waals surface area (Å²) in [7, 11) is 0. The second-order valence-corrected chi connectivity index (χ2v) is 5.01. The first-order valence-electron chi connectivity index (χ1n) is 6.80. The van der Waals surface area contributed by atoms with Gasteiger partial charge in [0.25, 0.3) is 0 Å². The van der Waals surface area contributed by atoms with Gasteiger partial charge in [0.1, 0.15) is 18.2 Å². The summed E-state index contributed by atoms with van der Waals surface area (Å²) in [5, 5.41) is 20.0. The van der Waals surface area contributed by atoms with Crippen molar-refractivity contribution in [2.24, 2.45) is 0 Å². The topological polar surface area (TPSA) is 97.6 Å². The maximum Gasteiger partial charge on any atom is 0.315 e. The second-order valence-electron chi connectivity index (χ2n) is 5.01. The molecule has 2 bridgehead atoms. The standard InChI is InChI=1S/C13H18N4O4/c1-2-4-14-13(19)16-9-8-7-20-12(21-8)10(11(9)18)17-6-3-5-15-17/h2-3,5-6,8-12,18H,1,4,7H2,(H2,14,16,19). The van der Waals surface area contributed by atoms with Crippen LogP contribution in [0.15, 0.2) is 31.1 Å². The molecule has 2 aliphatic heterocycles. The molecule has 3 rings (SSSR count). The number of hydrogen-bond acceptors (Lipinski definition) is 5. The minimum atomic E-state index is -0.856. The van der Waals surface area contributed by atoms with E-state index < -0.39 is 24.5 Å². The highest BCUT2D eigenvalue weighted by molar-refractivity contribution is 5.74. The maximum atomic E-state index is 11.8. The van der Waals surface area contributed by atoms with E-state index in [9.17, 15) is 9.90 Å². The minimum Gasteiger partial charge on any atom is -0.388 e. The lowest BCUT2D eigenvalue weighted by atomic mass is 9.96. The van der Waals surface area contributed by atoms with Crippen molar-refractivity contribution in [1.82, 2.24) is 20.4 Å². The number of rotatable bonds is 4. The fraction of sp³-hybridized carbons (Fsp3) is 0.538. The van der Waals surface area contributed by atoms with Gasteiger partial charge in [0.15, 0.2) is 6.29 Å². The highest BCUT2D eigenvalue weighted by Crippen LogP contribution is 2.35. The van der Waals surface area contributed by atoms with Crippen LogP contribution in [0.3, 0.4) is 0 Å². The highest BCUT2D eigenvalue weighted by atomic mass is 16.7. The van der Waals surface area contributed by atoms with Gasteiger partial charge in [0.05, 0.1) is 12.6 Å². The SMILES string of the molecule is C=CCNC(=O)NC1C2COC(O2)C(n2cccn2)C1O. The van der Waals surface area contributed by atoms with Crippen LogP contribution in [0.1, 0.15) is 6.04 Å². The quantitative estimate of drug-likeness (QED) is 0.644. The monoisotopic (exact) mass is 294 g/mol. The predicted molar refractivity (Wildman–Crippen MR) is 72.4 cm³/mol. The van der Waals surface area contributed by atoms with Gasteiger partial charge in [-0.2, -0.15) is 5.10 Å². The fourth-order valence-corrected chi connectivity index (χ4v) is 2.69. The number of nitrogens with zero attached hydrogens (tertiary/aromatic N) is 2. The molecule has 5 atom stereocenters. The van der Waals surface area contributed by atoms with Crippen LogP contribution in [0.25, 0.3) is 0 Å². The molecule has 0 aromatic carbocycles. The average Bonchev–Trinajstić information content (AvgIpc) is 3.13. The Morgan fingerprint density at radius 2 is 2.48 bits per heavy atom. The number of amides is 2. The smallest absolute Gasteiger partial charge is 0.315 e. The van der Waals surface area contributed by atoms with Gasteiger partial charge in [-0.25, -0.2) is 4.79 Å². The molecule has 8 heteroatoms. The molecule has 0 spiro atoms. The largest absolute Gasteiger partial charge is 0.388 e. The third-order valence-corrected chi connectivity index (χ3v) is 3.67. The number of aliphatic hydroxyl groups is 1. The number of ether oxygens (including phenoxy) is 2. The van der Waals surface area contributed by atoms with Crippen molar-refractivity contribution in [3.05, 3.63) is 31.1 Å². The highest BCUT2D eigenvalue weighted by Gasteiger charge is 2.51. The van der Waals surface area contributed by atoms with Crippen LogP contribution in [0.4, 0.5) is 4.79 Å². The van der Waals surface area contributed by atoms with Crippen LogP contribution in [0, 0.1) is 0 Å². The normalized spacial score (nSPS) is 34.4. The number of aromatic nitrogens is 2. The van der Waals surface area contributed by atoms with E-state index in [4.69, 9.17) is 9.47 Å². The Bertz CT molecular complexity index is 506. The van der Waals surface area contributed by atoms with E-state index in [2.05, 4.69) is 22.3 Å². The van der Waals surface area contributed by atoms with Gasteiger partial charge in [-0.3, -0.25) is 4.68 Å². The molecule has 3 N–H and O–H groups in total. The zero-order valence-electron chi connectivity index (χ0n) is 11.4. The van der Waals surface area contributed by atoms with Crippen LogP contribution in [-0.4, -0.2) is 58.6 Å². The molecule has 1 aromatic heterocycles. The minimum absolute atomic E-state index is 0.325. The molecule has 0 saturated carbocycles. The molecule has 0 radical (unpaired) electrons. The lowest BCUT2D eigenvalue weighted by Gasteiger charge is -2.38. The van der Waals surface area contributed by atoms with Crippen molar-refractivity contribution in [2.75, 3.05) is 13.2 Å².